The standard InChI is InChI=1S/C23H22Cl2N2O/c1-3-5-8-15-13(4-2)7-6-9-16(15)17-12-20(28)27-23-21-18(25)10-14(24)11-19(21)26-22(17)23/h6-7,9-12,26H,3-5,8H2,1-2H3,(H,27,28). The van der Waals surface area contributed by atoms with Gasteiger partial charge in [-0.2, -0.15) is 0 Å². The molecule has 0 spiro atoms. The van der Waals surface area contributed by atoms with Gasteiger partial charge in [0.15, 0.2) is 0 Å². The van der Waals surface area contributed by atoms with Crippen molar-refractivity contribution in [2.24, 2.45) is 0 Å². The average molecular weight is 413 g/mol. The molecule has 0 saturated carbocycles. The lowest BCUT2D eigenvalue weighted by molar-refractivity contribution is 0.788. The Kier molecular flexibility index (Phi) is 5.22. The second-order valence-corrected chi connectivity index (χ2v) is 7.98. The molecular weight excluding hydrogens is 391 g/mol. The molecular formula is C23H22Cl2N2O. The molecule has 5 heteroatoms. The van der Waals surface area contributed by atoms with Crippen LogP contribution in [0.4, 0.5) is 0 Å². The van der Waals surface area contributed by atoms with E-state index in [4.69, 9.17) is 23.2 Å². The van der Waals surface area contributed by atoms with Gasteiger partial charge < -0.3 is 9.97 Å². The quantitative estimate of drug-likeness (QED) is 0.368. The Hall–Kier alpha value is -2.23. The fourth-order valence-corrected chi connectivity index (χ4v) is 4.61. The topological polar surface area (TPSA) is 48.6 Å². The van der Waals surface area contributed by atoms with Crippen LogP contribution in [0.1, 0.15) is 37.8 Å². The second kappa shape index (κ2) is 7.65. The van der Waals surface area contributed by atoms with Gasteiger partial charge in [-0.05, 0) is 48.1 Å². The predicted molar refractivity (Wildman–Crippen MR) is 120 cm³/mol. The molecule has 4 aromatic rings. The molecule has 0 bridgehead atoms. The SMILES string of the molecule is CCCCc1c(CC)cccc1-c1cc(=O)[nH]c2c1[nH]c1cc(Cl)cc(Cl)c12. The van der Waals surface area contributed by atoms with Crippen LogP contribution in [-0.2, 0) is 12.8 Å². The zero-order chi connectivity index (χ0) is 19.8. The average Bonchev–Trinajstić information content (AvgIpc) is 3.03. The predicted octanol–water partition coefficient (Wildman–Crippen LogP) is 6.89. The van der Waals surface area contributed by atoms with E-state index in [0.717, 1.165) is 58.7 Å². The minimum absolute atomic E-state index is 0.141. The van der Waals surface area contributed by atoms with Crippen LogP contribution in [0.5, 0.6) is 0 Å². The lowest BCUT2D eigenvalue weighted by Crippen LogP contribution is -2.06. The molecule has 0 aliphatic heterocycles. The van der Waals surface area contributed by atoms with Gasteiger partial charge in [-0.1, -0.05) is 61.7 Å². The summed E-state index contributed by atoms with van der Waals surface area (Å²) in [5, 5.41) is 1.88. The van der Waals surface area contributed by atoms with Gasteiger partial charge in [0.1, 0.15) is 0 Å². The van der Waals surface area contributed by atoms with Crippen molar-refractivity contribution in [1.29, 1.82) is 0 Å². The highest BCUT2D eigenvalue weighted by molar-refractivity contribution is 6.40. The summed E-state index contributed by atoms with van der Waals surface area (Å²) < 4.78 is 0. The number of pyridine rings is 1. The molecule has 0 radical (unpaired) electrons. The van der Waals surface area contributed by atoms with Crippen molar-refractivity contribution in [3.8, 4) is 11.1 Å². The Balaban J connectivity index is 2.08. The maximum atomic E-state index is 12.5. The molecule has 3 nitrogen and oxygen atoms in total. The maximum Gasteiger partial charge on any atom is 0.249 e. The smallest absolute Gasteiger partial charge is 0.249 e. The Bertz CT molecular complexity index is 1240. The van der Waals surface area contributed by atoms with E-state index >= 15 is 0 Å². The molecule has 2 heterocycles. The van der Waals surface area contributed by atoms with Gasteiger partial charge in [-0.3, -0.25) is 4.79 Å². The van der Waals surface area contributed by atoms with Gasteiger partial charge in [-0.15, -0.1) is 0 Å². The molecule has 0 aliphatic carbocycles. The summed E-state index contributed by atoms with van der Waals surface area (Å²) in [6, 6.07) is 11.6. The number of fused-ring (bicyclic) bond motifs is 3. The number of unbranched alkanes of at least 4 members (excludes halogenated alkanes) is 1. The van der Waals surface area contributed by atoms with Crippen LogP contribution in [0, 0.1) is 0 Å². The summed E-state index contributed by atoms with van der Waals surface area (Å²) in [6.07, 6.45) is 4.21. The van der Waals surface area contributed by atoms with Crippen LogP contribution >= 0.6 is 23.2 Å². The van der Waals surface area contributed by atoms with Gasteiger partial charge in [-0.25, -0.2) is 0 Å². The zero-order valence-electron chi connectivity index (χ0n) is 16.0. The van der Waals surface area contributed by atoms with Crippen molar-refractivity contribution >= 4 is 45.1 Å². The van der Waals surface area contributed by atoms with Crippen molar-refractivity contribution in [2.75, 3.05) is 0 Å². The van der Waals surface area contributed by atoms with E-state index in [0.29, 0.717) is 10.0 Å². The first-order chi connectivity index (χ1) is 13.5. The Morgan fingerprint density at radius 3 is 2.54 bits per heavy atom. The molecule has 0 unspecified atom stereocenters. The van der Waals surface area contributed by atoms with E-state index in [2.05, 4.69) is 42.0 Å². The number of hydrogen-bond acceptors (Lipinski definition) is 1. The van der Waals surface area contributed by atoms with Crippen LogP contribution in [0.15, 0.2) is 41.2 Å². The Morgan fingerprint density at radius 1 is 0.964 bits per heavy atom. The highest BCUT2D eigenvalue weighted by Crippen LogP contribution is 2.37. The third kappa shape index (κ3) is 3.23. The second-order valence-electron chi connectivity index (χ2n) is 7.13. The Labute approximate surface area is 173 Å². The number of rotatable bonds is 5. The number of aromatic amines is 2. The highest BCUT2D eigenvalue weighted by atomic mass is 35.5. The Morgan fingerprint density at radius 2 is 1.79 bits per heavy atom. The van der Waals surface area contributed by atoms with Gasteiger partial charge in [0, 0.05) is 22.0 Å². The van der Waals surface area contributed by atoms with Crippen molar-refractivity contribution in [3.05, 3.63) is 67.9 Å². The number of benzene rings is 2. The molecule has 0 aliphatic rings. The van der Waals surface area contributed by atoms with Crippen LogP contribution in [0.2, 0.25) is 10.0 Å². The first kappa shape index (κ1) is 19.1. The van der Waals surface area contributed by atoms with Crippen molar-refractivity contribution in [3.63, 3.8) is 0 Å². The summed E-state index contributed by atoms with van der Waals surface area (Å²) in [6.45, 7) is 4.37. The molecule has 0 atom stereocenters. The normalized spacial score (nSPS) is 11.6. The molecule has 2 aromatic heterocycles. The molecule has 28 heavy (non-hydrogen) atoms. The summed E-state index contributed by atoms with van der Waals surface area (Å²) >= 11 is 12.6. The minimum atomic E-state index is -0.141. The molecule has 0 amide bonds. The fourth-order valence-electron chi connectivity index (χ4n) is 4.02. The number of halogens is 2. The summed E-state index contributed by atoms with van der Waals surface area (Å²) in [5.74, 6) is 0. The van der Waals surface area contributed by atoms with Crippen molar-refractivity contribution < 1.29 is 0 Å². The fraction of sp³-hybridized carbons (Fsp3) is 0.261. The zero-order valence-corrected chi connectivity index (χ0v) is 17.5. The van der Waals surface area contributed by atoms with Crippen molar-refractivity contribution in [2.45, 2.75) is 39.5 Å². The van der Waals surface area contributed by atoms with Crippen LogP contribution in [0.3, 0.4) is 0 Å². The van der Waals surface area contributed by atoms with Crippen molar-refractivity contribution in [1.82, 2.24) is 9.97 Å². The van der Waals surface area contributed by atoms with Gasteiger partial charge in [0.25, 0.3) is 0 Å². The monoisotopic (exact) mass is 412 g/mol. The first-order valence-corrected chi connectivity index (χ1v) is 10.4. The number of hydrogen-bond donors (Lipinski definition) is 2. The summed E-state index contributed by atoms with van der Waals surface area (Å²) in [7, 11) is 0. The van der Waals surface area contributed by atoms with E-state index in [1.807, 2.05) is 6.07 Å². The molecule has 144 valence electrons. The lowest BCUT2D eigenvalue weighted by Gasteiger charge is -2.15. The number of aryl methyl sites for hydroxylation is 1. The van der Waals surface area contributed by atoms with Crippen LogP contribution in [0.25, 0.3) is 33.1 Å². The number of aromatic nitrogens is 2. The number of H-pyrrole nitrogens is 2. The third-order valence-corrected chi connectivity index (χ3v) is 5.85. The maximum absolute atomic E-state index is 12.5. The minimum Gasteiger partial charge on any atom is -0.353 e. The molecule has 0 saturated heterocycles. The van der Waals surface area contributed by atoms with E-state index in [-0.39, 0.29) is 5.56 Å². The first-order valence-electron chi connectivity index (χ1n) is 9.68. The van der Waals surface area contributed by atoms with E-state index < -0.39 is 0 Å². The van der Waals surface area contributed by atoms with E-state index in [1.54, 1.807) is 12.1 Å². The molecule has 4 rings (SSSR count). The van der Waals surface area contributed by atoms with Gasteiger partial charge in [0.2, 0.25) is 5.56 Å². The lowest BCUT2D eigenvalue weighted by atomic mass is 9.91. The van der Waals surface area contributed by atoms with Crippen LogP contribution in [-0.4, -0.2) is 9.97 Å². The molecule has 0 fully saturated rings. The number of nitrogens with one attached hydrogen (secondary N) is 2. The summed E-state index contributed by atoms with van der Waals surface area (Å²) in [5.41, 5.74) is 6.95. The summed E-state index contributed by atoms with van der Waals surface area (Å²) in [4.78, 5) is 18.9. The van der Waals surface area contributed by atoms with Crippen LogP contribution < -0.4 is 5.56 Å². The van der Waals surface area contributed by atoms with E-state index in [9.17, 15) is 4.79 Å². The third-order valence-electron chi connectivity index (χ3n) is 5.33. The highest BCUT2D eigenvalue weighted by Gasteiger charge is 2.17. The molecule has 2 N–H and O–H groups in total. The molecule has 2 aromatic carbocycles. The van der Waals surface area contributed by atoms with Gasteiger partial charge in [0.05, 0.1) is 21.6 Å². The largest absolute Gasteiger partial charge is 0.353 e. The van der Waals surface area contributed by atoms with E-state index in [1.165, 1.54) is 11.1 Å². The van der Waals surface area contributed by atoms with Gasteiger partial charge >= 0.3 is 0 Å².